The summed E-state index contributed by atoms with van der Waals surface area (Å²) < 4.78 is 36.3. The molecule has 1 aromatic carbocycles. The van der Waals surface area contributed by atoms with Gasteiger partial charge in [-0.25, -0.2) is 8.78 Å². The lowest BCUT2D eigenvalue weighted by molar-refractivity contribution is 0.0586. The molecular formula is C11H13F2NO2. The Morgan fingerprint density at radius 2 is 2.31 bits per heavy atom. The van der Waals surface area contributed by atoms with Crippen molar-refractivity contribution in [3.63, 3.8) is 0 Å². The van der Waals surface area contributed by atoms with E-state index < -0.39 is 11.6 Å². The van der Waals surface area contributed by atoms with Gasteiger partial charge in [0.2, 0.25) is 0 Å². The van der Waals surface area contributed by atoms with Crippen molar-refractivity contribution in [3.05, 3.63) is 29.8 Å². The van der Waals surface area contributed by atoms with Gasteiger partial charge in [-0.3, -0.25) is 0 Å². The van der Waals surface area contributed by atoms with E-state index in [0.29, 0.717) is 19.8 Å². The molecule has 1 heterocycles. The first-order valence-electron chi connectivity index (χ1n) is 5.14. The van der Waals surface area contributed by atoms with Crippen LogP contribution in [0.15, 0.2) is 18.2 Å². The minimum Gasteiger partial charge on any atom is -0.489 e. The van der Waals surface area contributed by atoms with Crippen LogP contribution < -0.4 is 10.1 Å². The van der Waals surface area contributed by atoms with Crippen LogP contribution in [0, 0.1) is 11.6 Å². The van der Waals surface area contributed by atoms with E-state index in [1.54, 1.807) is 0 Å². The van der Waals surface area contributed by atoms with Gasteiger partial charge < -0.3 is 14.8 Å². The van der Waals surface area contributed by atoms with Crippen molar-refractivity contribution < 1.29 is 18.3 Å². The third-order valence-electron chi connectivity index (χ3n) is 2.33. The Hall–Kier alpha value is -1.20. The van der Waals surface area contributed by atoms with E-state index in [4.69, 9.17) is 9.47 Å². The fourth-order valence-corrected chi connectivity index (χ4v) is 1.51. The molecule has 0 aliphatic carbocycles. The molecule has 1 aromatic rings. The number of ether oxygens (including phenoxy) is 2. The fraction of sp³-hybridized carbons (Fsp3) is 0.455. The molecule has 1 fully saturated rings. The molecule has 1 saturated heterocycles. The van der Waals surface area contributed by atoms with Crippen LogP contribution in [0.3, 0.4) is 0 Å². The summed E-state index contributed by atoms with van der Waals surface area (Å²) >= 11 is 0. The van der Waals surface area contributed by atoms with Crippen LogP contribution in [0.5, 0.6) is 5.75 Å². The van der Waals surface area contributed by atoms with Crippen LogP contribution in [0.1, 0.15) is 0 Å². The molecule has 2 rings (SSSR count). The van der Waals surface area contributed by atoms with Crippen LogP contribution >= 0.6 is 0 Å². The van der Waals surface area contributed by atoms with Crippen molar-refractivity contribution in [1.29, 1.82) is 0 Å². The molecule has 0 bridgehead atoms. The first kappa shape index (κ1) is 11.3. The van der Waals surface area contributed by atoms with Crippen molar-refractivity contribution in [2.24, 2.45) is 0 Å². The second kappa shape index (κ2) is 5.23. The Morgan fingerprint density at radius 1 is 1.44 bits per heavy atom. The number of hydrogen-bond donors (Lipinski definition) is 1. The molecule has 0 aromatic heterocycles. The molecule has 0 saturated carbocycles. The van der Waals surface area contributed by atoms with Gasteiger partial charge >= 0.3 is 0 Å². The molecule has 3 nitrogen and oxygen atoms in total. The highest BCUT2D eigenvalue weighted by molar-refractivity contribution is 5.24. The molecule has 1 atom stereocenters. The Kier molecular flexibility index (Phi) is 3.69. The summed E-state index contributed by atoms with van der Waals surface area (Å²) in [6.07, 6.45) is 0. The average Bonchev–Trinajstić information content (AvgIpc) is 2.29. The summed E-state index contributed by atoms with van der Waals surface area (Å²) in [7, 11) is 0. The maximum absolute atomic E-state index is 13.2. The van der Waals surface area contributed by atoms with E-state index in [-0.39, 0.29) is 11.8 Å². The lowest BCUT2D eigenvalue weighted by Gasteiger charge is -2.23. The number of halogens is 2. The summed E-state index contributed by atoms with van der Waals surface area (Å²) in [5.41, 5.74) is 0. The molecule has 0 amide bonds. The van der Waals surface area contributed by atoms with E-state index in [2.05, 4.69) is 5.32 Å². The van der Waals surface area contributed by atoms with E-state index in [9.17, 15) is 8.78 Å². The predicted octanol–water partition coefficient (Wildman–Crippen LogP) is 1.33. The highest BCUT2D eigenvalue weighted by Gasteiger charge is 2.14. The minimum absolute atomic E-state index is 0.0539. The first-order chi connectivity index (χ1) is 7.75. The summed E-state index contributed by atoms with van der Waals surface area (Å²) in [4.78, 5) is 0. The summed E-state index contributed by atoms with van der Waals surface area (Å²) in [6.45, 7) is 2.30. The van der Waals surface area contributed by atoms with Gasteiger partial charge in [-0.15, -0.1) is 0 Å². The number of nitrogens with one attached hydrogen (secondary N) is 1. The van der Waals surface area contributed by atoms with Crippen molar-refractivity contribution in [2.75, 3.05) is 26.4 Å². The van der Waals surface area contributed by atoms with Gasteiger partial charge in [0.15, 0.2) is 11.6 Å². The summed E-state index contributed by atoms with van der Waals surface area (Å²) in [6, 6.07) is 3.32. The van der Waals surface area contributed by atoms with Crippen molar-refractivity contribution >= 4 is 0 Å². The standard InChI is InChI=1S/C11H13F2NO2/c12-8-1-2-11(10(13)5-8)16-7-9-6-15-4-3-14-9/h1-2,5,9,14H,3-4,6-7H2. The van der Waals surface area contributed by atoms with Crippen molar-refractivity contribution in [3.8, 4) is 5.75 Å². The summed E-state index contributed by atoms with van der Waals surface area (Å²) in [5.74, 6) is -1.23. The number of hydrogen-bond acceptors (Lipinski definition) is 3. The largest absolute Gasteiger partial charge is 0.489 e. The van der Waals surface area contributed by atoms with Crippen LogP contribution in [0.2, 0.25) is 0 Å². The van der Waals surface area contributed by atoms with Crippen LogP contribution in [0.4, 0.5) is 8.78 Å². The molecule has 1 N–H and O–H groups in total. The second-order valence-electron chi connectivity index (χ2n) is 3.61. The van der Waals surface area contributed by atoms with Gasteiger partial charge in [-0.2, -0.15) is 0 Å². The molecule has 1 aliphatic heterocycles. The highest BCUT2D eigenvalue weighted by Crippen LogP contribution is 2.17. The SMILES string of the molecule is Fc1ccc(OCC2COCCN2)c(F)c1. The zero-order chi connectivity index (χ0) is 11.4. The molecule has 0 spiro atoms. The highest BCUT2D eigenvalue weighted by atomic mass is 19.1. The molecule has 88 valence electrons. The maximum Gasteiger partial charge on any atom is 0.167 e. The van der Waals surface area contributed by atoms with Crippen molar-refractivity contribution in [1.82, 2.24) is 5.32 Å². The smallest absolute Gasteiger partial charge is 0.167 e. The van der Waals surface area contributed by atoms with Gasteiger partial charge in [0, 0.05) is 12.6 Å². The quantitative estimate of drug-likeness (QED) is 0.848. The molecule has 16 heavy (non-hydrogen) atoms. The minimum atomic E-state index is -0.684. The Labute approximate surface area is 92.4 Å². The van der Waals surface area contributed by atoms with Crippen LogP contribution in [0.25, 0.3) is 0 Å². The molecule has 1 aliphatic rings. The zero-order valence-corrected chi connectivity index (χ0v) is 8.71. The topological polar surface area (TPSA) is 30.5 Å². The van der Waals surface area contributed by atoms with Gasteiger partial charge in [0.1, 0.15) is 12.4 Å². The maximum atomic E-state index is 13.2. The Bertz CT molecular complexity index is 354. The van der Waals surface area contributed by atoms with E-state index >= 15 is 0 Å². The first-order valence-corrected chi connectivity index (χ1v) is 5.14. The van der Waals surface area contributed by atoms with E-state index in [0.717, 1.165) is 12.6 Å². The number of rotatable bonds is 3. The van der Waals surface area contributed by atoms with Gasteiger partial charge in [0.05, 0.1) is 19.3 Å². The van der Waals surface area contributed by atoms with Crippen LogP contribution in [-0.2, 0) is 4.74 Å². The Morgan fingerprint density at radius 3 is 3.00 bits per heavy atom. The van der Waals surface area contributed by atoms with Gasteiger partial charge in [0.25, 0.3) is 0 Å². The fourth-order valence-electron chi connectivity index (χ4n) is 1.51. The Balaban J connectivity index is 1.88. The van der Waals surface area contributed by atoms with Gasteiger partial charge in [-0.1, -0.05) is 0 Å². The summed E-state index contributed by atoms with van der Waals surface area (Å²) in [5, 5.41) is 3.17. The predicted molar refractivity (Wildman–Crippen MR) is 54.5 cm³/mol. The second-order valence-corrected chi connectivity index (χ2v) is 3.61. The van der Waals surface area contributed by atoms with Gasteiger partial charge in [-0.05, 0) is 12.1 Å². The third-order valence-corrected chi connectivity index (χ3v) is 2.33. The zero-order valence-electron chi connectivity index (χ0n) is 8.71. The van der Waals surface area contributed by atoms with E-state index in [1.807, 2.05) is 0 Å². The average molecular weight is 229 g/mol. The molecule has 5 heteroatoms. The molecule has 0 radical (unpaired) electrons. The lowest BCUT2D eigenvalue weighted by atomic mass is 10.3. The third kappa shape index (κ3) is 2.90. The number of benzene rings is 1. The van der Waals surface area contributed by atoms with E-state index in [1.165, 1.54) is 12.1 Å². The molecular weight excluding hydrogens is 216 g/mol. The number of morpholine rings is 1. The lowest BCUT2D eigenvalue weighted by Crippen LogP contribution is -2.44. The molecule has 1 unspecified atom stereocenters. The van der Waals surface area contributed by atoms with Crippen LogP contribution in [-0.4, -0.2) is 32.4 Å². The monoisotopic (exact) mass is 229 g/mol. The normalized spacial score (nSPS) is 20.8. The van der Waals surface area contributed by atoms with Crippen molar-refractivity contribution in [2.45, 2.75) is 6.04 Å².